The van der Waals surface area contributed by atoms with E-state index in [2.05, 4.69) is 22.2 Å². The number of nitrogens with zero attached hydrogens (tertiary/aromatic N) is 2. The molecule has 4 heteroatoms. The fourth-order valence-electron chi connectivity index (χ4n) is 1.55. The number of unbranched alkanes of at least 4 members (excludes halogenated alkanes) is 5. The first kappa shape index (κ1) is 13.2. The van der Waals surface area contributed by atoms with Gasteiger partial charge < -0.3 is 5.32 Å². The molecular weight excluding hydrogens is 222 g/mol. The number of aromatic nitrogens is 2. The van der Waals surface area contributed by atoms with Crippen molar-refractivity contribution in [3.8, 4) is 0 Å². The van der Waals surface area contributed by atoms with E-state index >= 15 is 0 Å². The number of hydrogen-bond donors (Lipinski definition) is 1. The summed E-state index contributed by atoms with van der Waals surface area (Å²) in [5, 5.41) is 3.73. The van der Waals surface area contributed by atoms with Crippen molar-refractivity contribution in [2.45, 2.75) is 45.4 Å². The summed E-state index contributed by atoms with van der Waals surface area (Å²) in [5.41, 5.74) is 0. The average molecular weight is 242 g/mol. The molecule has 0 saturated heterocycles. The zero-order chi connectivity index (χ0) is 11.6. The maximum Gasteiger partial charge on any atom is 0.134 e. The van der Waals surface area contributed by atoms with E-state index in [0.717, 1.165) is 12.4 Å². The highest BCUT2D eigenvalue weighted by Crippen LogP contribution is 2.09. The van der Waals surface area contributed by atoms with Crippen molar-refractivity contribution in [3.63, 3.8) is 0 Å². The number of hydrogen-bond acceptors (Lipinski definition) is 3. The van der Waals surface area contributed by atoms with Crippen LogP contribution in [0.5, 0.6) is 0 Å². The lowest BCUT2D eigenvalue weighted by Gasteiger charge is -2.04. The van der Waals surface area contributed by atoms with Crippen LogP contribution in [0.4, 0.5) is 5.82 Å². The molecule has 0 unspecified atom stereocenters. The number of halogens is 1. The van der Waals surface area contributed by atoms with Crippen molar-refractivity contribution < 1.29 is 0 Å². The molecule has 0 fully saturated rings. The van der Waals surface area contributed by atoms with E-state index in [4.69, 9.17) is 11.6 Å². The molecule has 0 aromatic carbocycles. The van der Waals surface area contributed by atoms with E-state index in [-0.39, 0.29) is 0 Å². The maximum absolute atomic E-state index is 5.75. The fraction of sp³-hybridized carbons (Fsp3) is 0.667. The summed E-state index contributed by atoms with van der Waals surface area (Å²) < 4.78 is 0. The Morgan fingerprint density at radius 3 is 2.62 bits per heavy atom. The normalized spacial score (nSPS) is 10.4. The molecule has 90 valence electrons. The Morgan fingerprint density at radius 2 is 1.88 bits per heavy atom. The molecule has 0 atom stereocenters. The Morgan fingerprint density at radius 1 is 1.12 bits per heavy atom. The number of anilines is 1. The van der Waals surface area contributed by atoms with Crippen LogP contribution in [0.25, 0.3) is 0 Å². The van der Waals surface area contributed by atoms with Crippen LogP contribution >= 0.6 is 11.6 Å². The van der Waals surface area contributed by atoms with Crippen LogP contribution in [0.15, 0.2) is 12.4 Å². The van der Waals surface area contributed by atoms with E-state index in [1.165, 1.54) is 44.9 Å². The van der Waals surface area contributed by atoms with Crippen LogP contribution in [0.3, 0.4) is 0 Å². The highest BCUT2D eigenvalue weighted by Gasteiger charge is 1.95. The van der Waals surface area contributed by atoms with Gasteiger partial charge in [0, 0.05) is 12.6 Å². The minimum Gasteiger partial charge on any atom is -0.370 e. The van der Waals surface area contributed by atoms with Gasteiger partial charge in [-0.3, -0.25) is 0 Å². The summed E-state index contributed by atoms with van der Waals surface area (Å²) in [7, 11) is 0. The minimum absolute atomic E-state index is 0.487. The molecule has 0 spiro atoms. The summed E-state index contributed by atoms with van der Waals surface area (Å²) in [5.74, 6) is 0.813. The smallest absolute Gasteiger partial charge is 0.134 e. The first-order valence-electron chi connectivity index (χ1n) is 6.04. The summed E-state index contributed by atoms with van der Waals surface area (Å²) in [6.07, 6.45) is 9.30. The fourth-order valence-corrected chi connectivity index (χ4v) is 1.70. The molecule has 0 radical (unpaired) electrons. The lowest BCUT2D eigenvalue weighted by molar-refractivity contribution is 0.617. The average Bonchev–Trinajstić information content (AvgIpc) is 2.28. The molecule has 16 heavy (non-hydrogen) atoms. The molecule has 3 nitrogen and oxygen atoms in total. The molecule has 1 aromatic rings. The summed E-state index contributed by atoms with van der Waals surface area (Å²) in [4.78, 5) is 7.91. The van der Waals surface area contributed by atoms with E-state index in [1.54, 1.807) is 6.07 Å². The van der Waals surface area contributed by atoms with Gasteiger partial charge in [0.2, 0.25) is 0 Å². The third kappa shape index (κ3) is 5.91. The second kappa shape index (κ2) is 8.34. The summed E-state index contributed by atoms with van der Waals surface area (Å²) in [6, 6.07) is 1.75. The van der Waals surface area contributed by atoms with Crippen LogP contribution in [0.2, 0.25) is 5.15 Å². The molecule has 0 aliphatic carbocycles. The van der Waals surface area contributed by atoms with Crippen molar-refractivity contribution in [2.75, 3.05) is 11.9 Å². The van der Waals surface area contributed by atoms with Gasteiger partial charge in [0.1, 0.15) is 17.3 Å². The maximum atomic E-state index is 5.75. The lowest BCUT2D eigenvalue weighted by atomic mass is 10.1. The van der Waals surface area contributed by atoms with Crippen LogP contribution in [-0.4, -0.2) is 16.5 Å². The van der Waals surface area contributed by atoms with Gasteiger partial charge in [-0.1, -0.05) is 50.6 Å². The monoisotopic (exact) mass is 241 g/mol. The molecule has 0 aliphatic heterocycles. The van der Waals surface area contributed by atoms with Crippen LogP contribution < -0.4 is 5.32 Å². The minimum atomic E-state index is 0.487. The molecular formula is C12H20ClN3. The van der Waals surface area contributed by atoms with Gasteiger partial charge in [0.25, 0.3) is 0 Å². The van der Waals surface area contributed by atoms with Crippen LogP contribution in [0.1, 0.15) is 45.4 Å². The van der Waals surface area contributed by atoms with Crippen molar-refractivity contribution in [3.05, 3.63) is 17.5 Å². The first-order chi connectivity index (χ1) is 7.83. The molecule has 0 aliphatic rings. The Balaban J connectivity index is 2.03. The second-order valence-corrected chi connectivity index (χ2v) is 4.31. The van der Waals surface area contributed by atoms with Crippen LogP contribution in [0, 0.1) is 0 Å². The van der Waals surface area contributed by atoms with Crippen molar-refractivity contribution in [2.24, 2.45) is 0 Å². The molecule has 1 N–H and O–H groups in total. The van der Waals surface area contributed by atoms with Gasteiger partial charge in [-0.2, -0.15) is 0 Å². The van der Waals surface area contributed by atoms with Crippen molar-refractivity contribution in [1.29, 1.82) is 0 Å². The molecule has 1 rings (SSSR count). The van der Waals surface area contributed by atoms with Gasteiger partial charge in [0.05, 0.1) is 0 Å². The van der Waals surface area contributed by atoms with Gasteiger partial charge in [-0.25, -0.2) is 9.97 Å². The van der Waals surface area contributed by atoms with Gasteiger partial charge in [-0.15, -0.1) is 0 Å². The Hall–Kier alpha value is -0.830. The number of nitrogens with one attached hydrogen (secondary N) is 1. The molecule has 0 bridgehead atoms. The molecule has 0 saturated carbocycles. The molecule has 0 amide bonds. The Labute approximate surface area is 103 Å². The third-order valence-corrected chi connectivity index (χ3v) is 2.68. The molecule has 1 aromatic heterocycles. The van der Waals surface area contributed by atoms with Gasteiger partial charge >= 0.3 is 0 Å². The molecule has 1 heterocycles. The summed E-state index contributed by atoms with van der Waals surface area (Å²) >= 11 is 5.75. The Kier molecular flexibility index (Phi) is 6.90. The van der Waals surface area contributed by atoms with E-state index in [0.29, 0.717) is 5.15 Å². The summed E-state index contributed by atoms with van der Waals surface area (Å²) in [6.45, 7) is 3.19. The second-order valence-electron chi connectivity index (χ2n) is 3.92. The largest absolute Gasteiger partial charge is 0.370 e. The van der Waals surface area contributed by atoms with Gasteiger partial charge in [0.15, 0.2) is 0 Å². The lowest BCUT2D eigenvalue weighted by Crippen LogP contribution is -2.03. The SMILES string of the molecule is CCCCCCCCNc1cc(Cl)ncn1. The zero-order valence-electron chi connectivity index (χ0n) is 9.88. The highest BCUT2D eigenvalue weighted by molar-refractivity contribution is 6.29. The zero-order valence-corrected chi connectivity index (χ0v) is 10.6. The van der Waals surface area contributed by atoms with Gasteiger partial charge in [-0.05, 0) is 6.42 Å². The third-order valence-electron chi connectivity index (χ3n) is 2.47. The van der Waals surface area contributed by atoms with E-state index < -0.39 is 0 Å². The van der Waals surface area contributed by atoms with Crippen molar-refractivity contribution in [1.82, 2.24) is 9.97 Å². The van der Waals surface area contributed by atoms with E-state index in [9.17, 15) is 0 Å². The predicted octanol–water partition coefficient (Wildman–Crippen LogP) is 3.90. The van der Waals surface area contributed by atoms with Crippen molar-refractivity contribution >= 4 is 17.4 Å². The quantitative estimate of drug-likeness (QED) is 0.554. The highest BCUT2D eigenvalue weighted by atomic mass is 35.5. The van der Waals surface area contributed by atoms with E-state index in [1.807, 2.05) is 0 Å². The first-order valence-corrected chi connectivity index (χ1v) is 6.42. The topological polar surface area (TPSA) is 37.8 Å². The Bertz CT molecular complexity index is 291. The number of rotatable bonds is 8. The van der Waals surface area contributed by atoms with Crippen LogP contribution in [-0.2, 0) is 0 Å². The predicted molar refractivity (Wildman–Crippen MR) is 68.9 cm³/mol. The standard InChI is InChI=1S/C12H20ClN3/c1-2-3-4-5-6-7-8-14-12-9-11(13)15-10-16-12/h9-10H,2-8H2,1H3,(H,14,15,16).